The third-order valence-corrected chi connectivity index (χ3v) is 13.6. The maximum Gasteiger partial charge on any atom is 0.0541 e. The van der Waals surface area contributed by atoms with Crippen molar-refractivity contribution in [2.75, 3.05) is 0 Å². The molecule has 2 heteroatoms. The molecule has 0 aliphatic heterocycles. The first-order valence-corrected chi connectivity index (χ1v) is 22.0. The van der Waals surface area contributed by atoms with Crippen LogP contribution in [0.3, 0.4) is 0 Å². The fourth-order valence-corrected chi connectivity index (χ4v) is 10.9. The lowest BCUT2D eigenvalue weighted by Crippen LogP contribution is -2.02. The Balaban J connectivity index is 1.15. The molecule has 0 N–H and O–H groups in total. The Morgan fingerprint density at radius 2 is 0.984 bits per heavy atom. The molecule has 0 saturated heterocycles. The van der Waals surface area contributed by atoms with Crippen LogP contribution in [-0.4, -0.2) is 9.13 Å². The van der Waals surface area contributed by atoms with Gasteiger partial charge < -0.3 is 9.13 Å². The predicted molar refractivity (Wildman–Crippen MR) is 265 cm³/mol. The number of para-hydroxylation sites is 3. The Morgan fingerprint density at radius 3 is 1.74 bits per heavy atom. The molecule has 2 nitrogen and oxygen atoms in total. The summed E-state index contributed by atoms with van der Waals surface area (Å²) < 4.78 is 4.97. The first-order valence-electron chi connectivity index (χ1n) is 22.0. The van der Waals surface area contributed by atoms with E-state index in [-0.39, 0.29) is 0 Å². The monoisotopic (exact) mass is 790 g/mol. The van der Waals surface area contributed by atoms with Crippen LogP contribution in [0.4, 0.5) is 0 Å². The lowest BCUT2D eigenvalue weighted by atomic mass is 9.83. The van der Waals surface area contributed by atoms with Crippen molar-refractivity contribution in [3.8, 4) is 33.6 Å². The standard InChI is InChI=1S/C60H42N2/c1-2-17-40(18-3-1)59-51-34-32-44(62-57-30-12-8-25-49(57)50-26-9-13-31-58(50)62)38-54(51)60(42-21-14-20-41(36-42)46-27-15-19-39-16-4-5-22-45(39)46)52-35-33-43(37-53(52)59)61-55-28-10-6-23-47(55)48-24-7-11-29-56(48)61/h1-2,4-6,8-17,19-23,25-38H,3,7,18,24H2. The van der Waals surface area contributed by atoms with Crippen molar-refractivity contribution in [2.45, 2.75) is 25.7 Å². The SMILES string of the molecule is C1=CCCC(c2c3cc(-n4c5c(c6ccccc64)CCC=C5)ccc3c(-c3cccc(-c4cccc5ccccc45)c3)c3cc(-n4c5ccccc5c5ccccc54)ccc23)=C1. The van der Waals surface area contributed by atoms with E-state index in [0.29, 0.717) is 0 Å². The van der Waals surface area contributed by atoms with Gasteiger partial charge in [0.1, 0.15) is 0 Å². The van der Waals surface area contributed by atoms with Gasteiger partial charge in [-0.25, -0.2) is 0 Å². The highest BCUT2D eigenvalue weighted by atomic mass is 15.0. The second kappa shape index (κ2) is 13.9. The normalized spacial score (nSPS) is 13.8. The number of rotatable bonds is 5. The lowest BCUT2D eigenvalue weighted by Gasteiger charge is -2.22. The van der Waals surface area contributed by atoms with E-state index in [1.165, 1.54) is 115 Å². The van der Waals surface area contributed by atoms with Crippen molar-refractivity contribution < 1.29 is 0 Å². The average molecular weight is 791 g/mol. The van der Waals surface area contributed by atoms with E-state index < -0.39 is 0 Å². The summed E-state index contributed by atoms with van der Waals surface area (Å²) in [6.45, 7) is 0. The number of benzene rings is 9. The molecule has 2 aliphatic carbocycles. The number of hydrogen-bond acceptors (Lipinski definition) is 0. The van der Waals surface area contributed by atoms with Crippen LogP contribution in [0, 0.1) is 0 Å². The first-order chi connectivity index (χ1) is 30.8. The van der Waals surface area contributed by atoms with Gasteiger partial charge in [0.25, 0.3) is 0 Å². The van der Waals surface area contributed by atoms with Crippen molar-refractivity contribution in [2.24, 2.45) is 0 Å². The van der Waals surface area contributed by atoms with Gasteiger partial charge in [-0.2, -0.15) is 0 Å². The van der Waals surface area contributed by atoms with E-state index in [2.05, 4.69) is 215 Å². The third kappa shape index (κ3) is 5.29. The van der Waals surface area contributed by atoms with Crippen LogP contribution in [-0.2, 0) is 6.42 Å². The fourth-order valence-electron chi connectivity index (χ4n) is 10.9. The number of allylic oxidation sites excluding steroid dienone is 5. The maximum absolute atomic E-state index is 2.51. The summed E-state index contributed by atoms with van der Waals surface area (Å²) in [5, 5.41) is 11.5. The molecular weight excluding hydrogens is 749 g/mol. The molecule has 0 radical (unpaired) electrons. The van der Waals surface area contributed by atoms with Gasteiger partial charge in [0, 0.05) is 33.2 Å². The second-order valence-corrected chi connectivity index (χ2v) is 17.0. The smallest absolute Gasteiger partial charge is 0.0541 e. The summed E-state index contributed by atoms with van der Waals surface area (Å²) in [7, 11) is 0. The first kappa shape index (κ1) is 35.1. The summed E-state index contributed by atoms with van der Waals surface area (Å²) in [6, 6.07) is 65.9. The van der Waals surface area contributed by atoms with Gasteiger partial charge in [0.05, 0.1) is 16.6 Å². The summed E-state index contributed by atoms with van der Waals surface area (Å²) in [5.41, 5.74) is 16.5. The molecule has 0 spiro atoms. The average Bonchev–Trinajstić information content (AvgIpc) is 3.86. The molecule has 292 valence electrons. The number of aryl methyl sites for hydroxylation is 1. The molecule has 0 saturated carbocycles. The largest absolute Gasteiger partial charge is 0.310 e. The number of hydrogen-bond donors (Lipinski definition) is 0. The Hall–Kier alpha value is -7.68. The van der Waals surface area contributed by atoms with Crippen LogP contribution in [0.2, 0.25) is 0 Å². The van der Waals surface area contributed by atoms with Gasteiger partial charge in [-0.05, 0) is 152 Å². The summed E-state index contributed by atoms with van der Waals surface area (Å²) in [4.78, 5) is 0. The van der Waals surface area contributed by atoms with E-state index in [4.69, 9.17) is 0 Å². The van der Waals surface area contributed by atoms with Crippen LogP contribution in [0.25, 0.3) is 110 Å². The van der Waals surface area contributed by atoms with E-state index >= 15 is 0 Å². The van der Waals surface area contributed by atoms with Crippen molar-refractivity contribution in [3.63, 3.8) is 0 Å². The zero-order valence-electron chi connectivity index (χ0n) is 34.4. The van der Waals surface area contributed by atoms with Crippen molar-refractivity contribution >= 4 is 76.7 Å². The molecule has 11 aromatic rings. The molecule has 9 aromatic carbocycles. The van der Waals surface area contributed by atoms with Gasteiger partial charge in [-0.1, -0.05) is 152 Å². The van der Waals surface area contributed by atoms with Crippen LogP contribution < -0.4 is 0 Å². The highest BCUT2D eigenvalue weighted by Crippen LogP contribution is 2.47. The second-order valence-electron chi connectivity index (χ2n) is 17.0. The third-order valence-electron chi connectivity index (χ3n) is 13.6. The molecule has 62 heavy (non-hydrogen) atoms. The Bertz CT molecular complexity index is 3690. The van der Waals surface area contributed by atoms with Gasteiger partial charge in [0.2, 0.25) is 0 Å². The van der Waals surface area contributed by atoms with E-state index in [1.807, 2.05) is 0 Å². The minimum atomic E-state index is 1.00. The molecule has 0 atom stereocenters. The lowest BCUT2D eigenvalue weighted by molar-refractivity contribution is 0.968. The van der Waals surface area contributed by atoms with Gasteiger partial charge >= 0.3 is 0 Å². The molecular formula is C60H42N2. The minimum Gasteiger partial charge on any atom is -0.310 e. The van der Waals surface area contributed by atoms with Gasteiger partial charge in [-0.3, -0.25) is 0 Å². The molecule has 0 fully saturated rings. The highest BCUT2D eigenvalue weighted by Gasteiger charge is 2.23. The number of fused-ring (bicyclic) bond motifs is 9. The minimum absolute atomic E-state index is 1.00. The molecule has 0 amide bonds. The van der Waals surface area contributed by atoms with E-state index in [1.54, 1.807) is 0 Å². The highest BCUT2D eigenvalue weighted by molar-refractivity contribution is 6.20. The van der Waals surface area contributed by atoms with Gasteiger partial charge in [0.15, 0.2) is 0 Å². The van der Waals surface area contributed by atoms with Crippen molar-refractivity contribution in [1.82, 2.24) is 9.13 Å². The summed E-state index contributed by atoms with van der Waals surface area (Å²) in [5.74, 6) is 0. The fraction of sp³-hybridized carbons (Fsp3) is 0.0667. The predicted octanol–water partition coefficient (Wildman–Crippen LogP) is 16.2. The number of aromatic nitrogens is 2. The quantitative estimate of drug-likeness (QED) is 0.154. The van der Waals surface area contributed by atoms with Crippen LogP contribution >= 0.6 is 0 Å². The summed E-state index contributed by atoms with van der Waals surface area (Å²) in [6.07, 6.45) is 15.8. The van der Waals surface area contributed by atoms with Crippen LogP contribution in [0.15, 0.2) is 200 Å². The van der Waals surface area contributed by atoms with E-state index in [0.717, 1.165) is 31.4 Å². The molecule has 13 rings (SSSR count). The Morgan fingerprint density at radius 1 is 0.387 bits per heavy atom. The molecule has 2 aliphatic rings. The number of nitrogens with zero attached hydrogens (tertiary/aromatic N) is 2. The van der Waals surface area contributed by atoms with Crippen LogP contribution in [0.5, 0.6) is 0 Å². The maximum atomic E-state index is 2.51. The van der Waals surface area contributed by atoms with Crippen LogP contribution in [0.1, 0.15) is 36.1 Å². The van der Waals surface area contributed by atoms with Crippen molar-refractivity contribution in [1.29, 1.82) is 0 Å². The zero-order chi connectivity index (χ0) is 40.7. The topological polar surface area (TPSA) is 9.86 Å². The van der Waals surface area contributed by atoms with E-state index in [9.17, 15) is 0 Å². The summed E-state index contributed by atoms with van der Waals surface area (Å²) >= 11 is 0. The molecule has 0 unspecified atom stereocenters. The molecule has 2 heterocycles. The van der Waals surface area contributed by atoms with Crippen molar-refractivity contribution in [3.05, 3.63) is 217 Å². The molecule has 2 aromatic heterocycles. The van der Waals surface area contributed by atoms with Gasteiger partial charge in [-0.15, -0.1) is 0 Å². The molecule has 0 bridgehead atoms. The zero-order valence-corrected chi connectivity index (χ0v) is 34.4. The Kier molecular flexibility index (Phi) is 7.90. The Labute approximate surface area is 360 Å².